The number of nitrogen functional groups attached to an aromatic ring is 1. The second kappa shape index (κ2) is 10.3. The molecule has 2 aromatic carbocycles. The highest BCUT2D eigenvalue weighted by Gasteiger charge is 2.50. The lowest BCUT2D eigenvalue weighted by Gasteiger charge is -2.19. The Morgan fingerprint density at radius 1 is 1.21 bits per heavy atom. The number of halogens is 4. The first kappa shape index (κ1) is 26.9. The monoisotopic (exact) mass is 534 g/mol. The SMILES string of the molecule is CCN1CC(n2nc(-c3ccc(CNC(=O)c4cc(F)ccc4OC)c(F)c3)c(C(N)=O)c2N)C(F)(F)C1. The van der Waals surface area contributed by atoms with Crippen LogP contribution in [0.4, 0.5) is 23.4 Å². The number of nitrogens with two attached hydrogens (primary N) is 2. The number of nitrogens with zero attached hydrogens (tertiary/aromatic N) is 3. The molecule has 1 aromatic heterocycles. The molecule has 1 aliphatic rings. The molecule has 2 heterocycles. The van der Waals surface area contributed by atoms with Gasteiger partial charge >= 0.3 is 0 Å². The number of hydrogen-bond donors (Lipinski definition) is 3. The molecular formula is C25H26F4N6O3. The summed E-state index contributed by atoms with van der Waals surface area (Å²) in [6, 6.07) is 5.75. The predicted molar refractivity (Wildman–Crippen MR) is 131 cm³/mol. The van der Waals surface area contributed by atoms with Crippen LogP contribution in [0.2, 0.25) is 0 Å². The first-order chi connectivity index (χ1) is 18.0. The van der Waals surface area contributed by atoms with Crippen molar-refractivity contribution in [2.75, 3.05) is 32.5 Å². The molecule has 1 unspecified atom stereocenters. The number of hydrogen-bond acceptors (Lipinski definition) is 6. The number of anilines is 1. The normalized spacial score (nSPS) is 16.9. The van der Waals surface area contributed by atoms with Crippen LogP contribution in [0.25, 0.3) is 11.3 Å². The number of rotatable bonds is 8. The van der Waals surface area contributed by atoms with Crippen LogP contribution in [-0.2, 0) is 6.54 Å². The molecule has 3 aromatic rings. The van der Waals surface area contributed by atoms with E-state index in [0.717, 1.165) is 22.9 Å². The zero-order chi connectivity index (χ0) is 27.8. The average Bonchev–Trinajstić information content (AvgIpc) is 3.37. The van der Waals surface area contributed by atoms with Crippen LogP contribution in [0.5, 0.6) is 5.75 Å². The lowest BCUT2D eigenvalue weighted by Crippen LogP contribution is -2.31. The van der Waals surface area contributed by atoms with Crippen molar-refractivity contribution in [3.8, 4) is 17.0 Å². The zero-order valence-corrected chi connectivity index (χ0v) is 20.6. The number of amides is 2. The fourth-order valence-corrected chi connectivity index (χ4v) is 4.44. The summed E-state index contributed by atoms with van der Waals surface area (Å²) in [6.07, 6.45) is 0. The third kappa shape index (κ3) is 5.01. The van der Waals surface area contributed by atoms with Crippen LogP contribution in [0.1, 0.15) is 39.2 Å². The highest BCUT2D eigenvalue weighted by molar-refractivity contribution is 6.03. The Morgan fingerprint density at radius 2 is 1.95 bits per heavy atom. The number of likely N-dealkylation sites (tertiary alicyclic amines) is 1. The number of methoxy groups -OCH3 is 1. The molecule has 13 heteroatoms. The van der Waals surface area contributed by atoms with Crippen LogP contribution in [-0.4, -0.2) is 59.2 Å². The molecule has 1 aliphatic heterocycles. The third-order valence-electron chi connectivity index (χ3n) is 6.46. The van der Waals surface area contributed by atoms with E-state index in [1.165, 1.54) is 30.2 Å². The van der Waals surface area contributed by atoms with Crippen molar-refractivity contribution in [2.45, 2.75) is 25.4 Å². The summed E-state index contributed by atoms with van der Waals surface area (Å²) < 4.78 is 64.0. The van der Waals surface area contributed by atoms with Gasteiger partial charge in [0.2, 0.25) is 0 Å². The van der Waals surface area contributed by atoms with Gasteiger partial charge in [0.05, 0.1) is 19.2 Å². The molecule has 0 saturated carbocycles. The van der Waals surface area contributed by atoms with E-state index in [9.17, 15) is 22.8 Å². The average molecular weight is 535 g/mol. The topological polar surface area (TPSA) is 128 Å². The van der Waals surface area contributed by atoms with E-state index < -0.39 is 42.0 Å². The van der Waals surface area contributed by atoms with E-state index >= 15 is 4.39 Å². The Hall–Kier alpha value is -4.13. The number of nitrogens with one attached hydrogen (secondary N) is 1. The Kier molecular flexibility index (Phi) is 7.31. The van der Waals surface area contributed by atoms with Crippen LogP contribution >= 0.6 is 0 Å². The van der Waals surface area contributed by atoms with E-state index in [2.05, 4.69) is 10.4 Å². The molecule has 5 N–H and O–H groups in total. The van der Waals surface area contributed by atoms with Gasteiger partial charge in [-0.2, -0.15) is 5.10 Å². The maximum Gasteiger partial charge on any atom is 0.283 e. The van der Waals surface area contributed by atoms with Gasteiger partial charge < -0.3 is 21.5 Å². The van der Waals surface area contributed by atoms with E-state index in [1.54, 1.807) is 6.92 Å². The van der Waals surface area contributed by atoms with Crippen molar-refractivity contribution in [1.82, 2.24) is 20.0 Å². The Labute approximate surface area is 215 Å². The third-order valence-corrected chi connectivity index (χ3v) is 6.46. The number of likely N-dealkylation sites (N-methyl/N-ethyl adjacent to an activating group) is 1. The number of alkyl halides is 2. The van der Waals surface area contributed by atoms with Gasteiger partial charge in [-0.25, -0.2) is 22.2 Å². The maximum absolute atomic E-state index is 15.0. The Bertz CT molecular complexity index is 1390. The molecule has 1 saturated heterocycles. The van der Waals surface area contributed by atoms with Crippen LogP contribution < -0.4 is 21.5 Å². The predicted octanol–water partition coefficient (Wildman–Crippen LogP) is 2.96. The first-order valence-corrected chi connectivity index (χ1v) is 11.6. The summed E-state index contributed by atoms with van der Waals surface area (Å²) in [5.41, 5.74) is 11.2. The standard InChI is InChI=1S/C25H26F4N6O3/c1-3-34-11-19(25(28,29)12-34)35-22(30)20(23(31)36)21(33-35)13-4-5-14(17(27)8-13)10-32-24(37)16-9-15(26)6-7-18(16)38-2/h4-9,19H,3,10-12,30H2,1-2H3,(H2,31,36)(H,32,37). The van der Waals surface area contributed by atoms with Crippen molar-refractivity contribution < 1.29 is 31.9 Å². The maximum atomic E-state index is 15.0. The Balaban J connectivity index is 1.61. The van der Waals surface area contributed by atoms with Crippen molar-refractivity contribution >= 4 is 17.6 Å². The molecule has 4 rings (SSSR count). The quantitative estimate of drug-likeness (QED) is 0.381. The minimum atomic E-state index is -3.17. The molecule has 1 atom stereocenters. The highest BCUT2D eigenvalue weighted by Crippen LogP contribution is 2.40. The summed E-state index contributed by atoms with van der Waals surface area (Å²) >= 11 is 0. The van der Waals surface area contributed by atoms with Gasteiger partial charge in [0.15, 0.2) is 0 Å². The second-order valence-corrected chi connectivity index (χ2v) is 8.86. The minimum absolute atomic E-state index is 0.0455. The summed E-state index contributed by atoms with van der Waals surface area (Å²) in [6.45, 7) is 1.33. The van der Waals surface area contributed by atoms with Gasteiger partial charge in [-0.05, 0) is 30.8 Å². The van der Waals surface area contributed by atoms with Gasteiger partial charge in [0.1, 0.15) is 40.5 Å². The van der Waals surface area contributed by atoms with Gasteiger partial charge in [-0.15, -0.1) is 0 Å². The second-order valence-electron chi connectivity index (χ2n) is 8.86. The molecule has 0 spiro atoms. The van der Waals surface area contributed by atoms with Crippen LogP contribution in [0.15, 0.2) is 36.4 Å². The first-order valence-electron chi connectivity index (χ1n) is 11.6. The number of benzene rings is 2. The molecule has 2 amide bonds. The van der Waals surface area contributed by atoms with Gasteiger partial charge in [0.25, 0.3) is 17.7 Å². The number of carbonyl (C=O) groups excluding carboxylic acids is 2. The largest absolute Gasteiger partial charge is 0.496 e. The van der Waals surface area contributed by atoms with Crippen molar-refractivity contribution in [1.29, 1.82) is 0 Å². The van der Waals surface area contributed by atoms with Crippen LogP contribution in [0, 0.1) is 11.6 Å². The highest BCUT2D eigenvalue weighted by atomic mass is 19.3. The number of carbonyl (C=O) groups is 2. The summed E-state index contributed by atoms with van der Waals surface area (Å²) in [7, 11) is 1.32. The fraction of sp³-hybridized carbons (Fsp3) is 0.320. The summed E-state index contributed by atoms with van der Waals surface area (Å²) in [5, 5.41) is 6.65. The smallest absolute Gasteiger partial charge is 0.283 e. The van der Waals surface area contributed by atoms with Crippen molar-refractivity contribution in [2.24, 2.45) is 5.73 Å². The van der Waals surface area contributed by atoms with E-state index in [4.69, 9.17) is 16.2 Å². The van der Waals surface area contributed by atoms with E-state index in [-0.39, 0.29) is 52.6 Å². The fourth-order valence-electron chi connectivity index (χ4n) is 4.44. The molecular weight excluding hydrogens is 508 g/mol. The number of ether oxygens (including phenoxy) is 1. The lowest BCUT2D eigenvalue weighted by atomic mass is 10.0. The van der Waals surface area contributed by atoms with E-state index in [0.29, 0.717) is 6.54 Å². The van der Waals surface area contributed by atoms with Crippen LogP contribution in [0.3, 0.4) is 0 Å². The molecule has 0 bridgehead atoms. The number of aromatic nitrogens is 2. The molecule has 0 radical (unpaired) electrons. The van der Waals surface area contributed by atoms with E-state index in [1.807, 2.05) is 0 Å². The van der Waals surface area contributed by atoms with Gasteiger partial charge in [-0.3, -0.25) is 14.5 Å². The summed E-state index contributed by atoms with van der Waals surface area (Å²) in [5.74, 6) is -6.48. The molecule has 0 aliphatic carbocycles. The summed E-state index contributed by atoms with van der Waals surface area (Å²) in [4.78, 5) is 26.2. The molecule has 1 fully saturated rings. The molecule has 9 nitrogen and oxygen atoms in total. The van der Waals surface area contributed by atoms with Crippen molar-refractivity contribution in [3.63, 3.8) is 0 Å². The number of primary amides is 1. The zero-order valence-electron chi connectivity index (χ0n) is 20.6. The van der Waals surface area contributed by atoms with Gasteiger partial charge in [-0.1, -0.05) is 19.1 Å². The van der Waals surface area contributed by atoms with Gasteiger partial charge in [0, 0.05) is 24.2 Å². The Morgan fingerprint density at radius 3 is 2.55 bits per heavy atom. The molecule has 202 valence electrons. The van der Waals surface area contributed by atoms with Crippen molar-refractivity contribution in [3.05, 3.63) is 64.7 Å². The molecule has 38 heavy (non-hydrogen) atoms. The lowest BCUT2D eigenvalue weighted by molar-refractivity contribution is -0.0241. The minimum Gasteiger partial charge on any atom is -0.496 e.